The largest absolute Gasteiger partial charge is 0.507 e. The van der Waals surface area contributed by atoms with Crippen LogP contribution in [0.5, 0.6) is 5.75 Å². The van der Waals surface area contributed by atoms with Gasteiger partial charge >= 0.3 is 5.97 Å². The van der Waals surface area contributed by atoms with Crippen LogP contribution in [0.1, 0.15) is 16.7 Å². The molecule has 0 bridgehead atoms. The molecule has 0 spiro atoms. The Morgan fingerprint density at radius 3 is 2.80 bits per heavy atom. The van der Waals surface area contributed by atoms with Crippen LogP contribution in [-0.2, 0) is 11.2 Å². The van der Waals surface area contributed by atoms with E-state index in [1.807, 2.05) is 19.1 Å². The minimum Gasteiger partial charge on any atom is -0.507 e. The predicted molar refractivity (Wildman–Crippen MR) is 77.9 cm³/mol. The lowest BCUT2D eigenvalue weighted by Crippen LogP contribution is -1.99. The Bertz CT molecular complexity index is 663. The SMILES string of the molecule is Cc1ccc(O)c(C=Nc2cccc(CC(=O)O)c2)c1. The van der Waals surface area contributed by atoms with E-state index in [0.717, 1.165) is 5.56 Å². The Balaban J connectivity index is 2.22. The molecule has 0 saturated carbocycles. The zero-order chi connectivity index (χ0) is 14.5. The number of aliphatic imine (C=N–C) groups is 1. The third-order valence-electron chi connectivity index (χ3n) is 2.80. The van der Waals surface area contributed by atoms with Crippen molar-refractivity contribution in [1.82, 2.24) is 0 Å². The van der Waals surface area contributed by atoms with Gasteiger partial charge in [0, 0.05) is 11.8 Å². The summed E-state index contributed by atoms with van der Waals surface area (Å²) in [5, 5.41) is 18.5. The van der Waals surface area contributed by atoms with Crippen molar-refractivity contribution >= 4 is 17.9 Å². The first-order chi connectivity index (χ1) is 9.54. The molecule has 0 fully saturated rings. The highest BCUT2D eigenvalue weighted by atomic mass is 16.4. The molecule has 2 aromatic carbocycles. The number of carbonyl (C=O) groups is 1. The van der Waals surface area contributed by atoms with Gasteiger partial charge in [0.05, 0.1) is 12.1 Å². The molecule has 2 rings (SSSR count). The number of benzene rings is 2. The molecule has 2 aromatic rings. The number of hydrogen-bond acceptors (Lipinski definition) is 3. The number of aryl methyl sites for hydroxylation is 1. The van der Waals surface area contributed by atoms with Crippen molar-refractivity contribution in [3.8, 4) is 5.75 Å². The summed E-state index contributed by atoms with van der Waals surface area (Å²) in [6.07, 6.45) is 1.54. The van der Waals surface area contributed by atoms with Crippen LogP contribution in [0, 0.1) is 6.92 Å². The Kier molecular flexibility index (Phi) is 4.15. The van der Waals surface area contributed by atoms with Gasteiger partial charge in [0.1, 0.15) is 5.75 Å². The summed E-state index contributed by atoms with van der Waals surface area (Å²) in [6, 6.07) is 12.3. The molecule has 102 valence electrons. The number of phenolic OH excluding ortho intramolecular Hbond substituents is 1. The van der Waals surface area contributed by atoms with Gasteiger partial charge in [-0.05, 0) is 36.8 Å². The first-order valence-corrected chi connectivity index (χ1v) is 6.19. The zero-order valence-electron chi connectivity index (χ0n) is 11.1. The van der Waals surface area contributed by atoms with Gasteiger partial charge in [0.15, 0.2) is 0 Å². The number of carboxylic acids is 1. The van der Waals surface area contributed by atoms with Crippen molar-refractivity contribution < 1.29 is 15.0 Å². The number of aromatic hydroxyl groups is 1. The number of hydrogen-bond donors (Lipinski definition) is 2. The van der Waals surface area contributed by atoms with Crippen molar-refractivity contribution in [2.45, 2.75) is 13.3 Å². The average molecular weight is 269 g/mol. The molecule has 0 aliphatic carbocycles. The number of nitrogens with zero attached hydrogens (tertiary/aromatic N) is 1. The van der Waals surface area contributed by atoms with E-state index in [2.05, 4.69) is 4.99 Å². The van der Waals surface area contributed by atoms with E-state index < -0.39 is 5.97 Å². The fraction of sp³-hybridized carbons (Fsp3) is 0.125. The first kappa shape index (κ1) is 13.8. The molecule has 4 heteroatoms. The molecule has 0 atom stereocenters. The second kappa shape index (κ2) is 6.02. The smallest absolute Gasteiger partial charge is 0.307 e. The van der Waals surface area contributed by atoms with Crippen molar-refractivity contribution in [2.24, 2.45) is 4.99 Å². The molecule has 0 aromatic heterocycles. The standard InChI is InChI=1S/C16H15NO3/c1-11-5-6-15(18)13(7-11)10-17-14-4-2-3-12(8-14)9-16(19)20/h2-8,10,18H,9H2,1H3,(H,19,20). The Labute approximate surface area is 117 Å². The molecule has 4 nitrogen and oxygen atoms in total. The van der Waals surface area contributed by atoms with Crippen molar-refractivity contribution in [2.75, 3.05) is 0 Å². The maximum atomic E-state index is 10.7. The monoisotopic (exact) mass is 269 g/mol. The highest BCUT2D eigenvalue weighted by Gasteiger charge is 2.01. The number of aliphatic carboxylic acids is 1. The first-order valence-electron chi connectivity index (χ1n) is 6.19. The van der Waals surface area contributed by atoms with Crippen LogP contribution in [0.25, 0.3) is 0 Å². The summed E-state index contributed by atoms with van der Waals surface area (Å²) in [7, 11) is 0. The number of carboxylic acid groups (broad SMARTS) is 1. The predicted octanol–water partition coefficient (Wildman–Crippen LogP) is 3.08. The van der Waals surface area contributed by atoms with Gasteiger partial charge in [-0.15, -0.1) is 0 Å². The van der Waals surface area contributed by atoms with E-state index in [1.54, 1.807) is 36.5 Å². The molecule has 0 heterocycles. The van der Waals surface area contributed by atoms with Crippen LogP contribution in [-0.4, -0.2) is 22.4 Å². The van der Waals surface area contributed by atoms with Crippen molar-refractivity contribution in [3.05, 3.63) is 59.2 Å². The van der Waals surface area contributed by atoms with E-state index in [0.29, 0.717) is 16.8 Å². The Morgan fingerprint density at radius 2 is 2.05 bits per heavy atom. The van der Waals surface area contributed by atoms with Crippen molar-refractivity contribution in [3.63, 3.8) is 0 Å². The average Bonchev–Trinajstić information content (AvgIpc) is 2.39. The lowest BCUT2D eigenvalue weighted by molar-refractivity contribution is -0.136. The minimum atomic E-state index is -0.873. The molecule has 2 N–H and O–H groups in total. The summed E-state index contributed by atoms with van der Waals surface area (Å²) in [4.78, 5) is 14.9. The zero-order valence-corrected chi connectivity index (χ0v) is 11.1. The highest BCUT2D eigenvalue weighted by molar-refractivity contribution is 5.85. The van der Waals surface area contributed by atoms with Crippen LogP contribution >= 0.6 is 0 Å². The van der Waals surface area contributed by atoms with E-state index in [4.69, 9.17) is 5.11 Å². The van der Waals surface area contributed by atoms with E-state index >= 15 is 0 Å². The van der Waals surface area contributed by atoms with Crippen LogP contribution in [0.4, 0.5) is 5.69 Å². The van der Waals surface area contributed by atoms with E-state index in [1.165, 1.54) is 0 Å². The Morgan fingerprint density at radius 1 is 1.25 bits per heavy atom. The van der Waals surface area contributed by atoms with Gasteiger partial charge in [0.2, 0.25) is 0 Å². The second-order valence-corrected chi connectivity index (χ2v) is 4.56. The molecule has 0 saturated heterocycles. The fourth-order valence-electron chi connectivity index (χ4n) is 1.84. The third-order valence-corrected chi connectivity index (χ3v) is 2.80. The van der Waals surface area contributed by atoms with Crippen LogP contribution in [0.2, 0.25) is 0 Å². The summed E-state index contributed by atoms with van der Waals surface area (Å²) in [5.41, 5.74) is 3.02. The maximum absolute atomic E-state index is 10.7. The van der Waals surface area contributed by atoms with Crippen LogP contribution in [0.3, 0.4) is 0 Å². The number of rotatable bonds is 4. The van der Waals surface area contributed by atoms with Gasteiger partial charge in [0.25, 0.3) is 0 Å². The molecule has 0 aliphatic rings. The summed E-state index contributed by atoms with van der Waals surface area (Å²) in [6.45, 7) is 1.93. The third kappa shape index (κ3) is 3.68. The molecular weight excluding hydrogens is 254 g/mol. The number of phenols is 1. The Hall–Kier alpha value is -2.62. The van der Waals surface area contributed by atoms with Gasteiger partial charge in [-0.25, -0.2) is 0 Å². The molecule has 20 heavy (non-hydrogen) atoms. The second-order valence-electron chi connectivity index (χ2n) is 4.56. The molecule has 0 aliphatic heterocycles. The van der Waals surface area contributed by atoms with Gasteiger partial charge in [-0.1, -0.05) is 23.8 Å². The molecule has 0 unspecified atom stereocenters. The topological polar surface area (TPSA) is 69.9 Å². The maximum Gasteiger partial charge on any atom is 0.307 e. The van der Waals surface area contributed by atoms with Gasteiger partial charge in [-0.3, -0.25) is 9.79 Å². The summed E-state index contributed by atoms with van der Waals surface area (Å²) in [5.74, 6) is -0.705. The van der Waals surface area contributed by atoms with Gasteiger partial charge in [-0.2, -0.15) is 0 Å². The van der Waals surface area contributed by atoms with E-state index in [-0.39, 0.29) is 12.2 Å². The summed E-state index contributed by atoms with van der Waals surface area (Å²) >= 11 is 0. The molecule has 0 amide bonds. The van der Waals surface area contributed by atoms with Crippen LogP contribution < -0.4 is 0 Å². The normalized spacial score (nSPS) is 10.8. The van der Waals surface area contributed by atoms with E-state index in [9.17, 15) is 9.90 Å². The van der Waals surface area contributed by atoms with Gasteiger partial charge < -0.3 is 10.2 Å². The fourth-order valence-corrected chi connectivity index (χ4v) is 1.84. The minimum absolute atomic E-state index is 0.0287. The van der Waals surface area contributed by atoms with Crippen molar-refractivity contribution in [1.29, 1.82) is 0 Å². The van der Waals surface area contributed by atoms with Crippen LogP contribution in [0.15, 0.2) is 47.5 Å². The molecule has 0 radical (unpaired) electrons. The lowest BCUT2D eigenvalue weighted by atomic mass is 10.1. The molecular formula is C16H15NO3. The lowest BCUT2D eigenvalue weighted by Gasteiger charge is -2.01. The quantitative estimate of drug-likeness (QED) is 0.838. The highest BCUT2D eigenvalue weighted by Crippen LogP contribution is 2.19. The summed E-state index contributed by atoms with van der Waals surface area (Å²) < 4.78 is 0.